The van der Waals surface area contributed by atoms with E-state index >= 15 is 0 Å². The molecule has 0 unspecified atom stereocenters. The Kier molecular flexibility index (Phi) is 4.43. The Morgan fingerprint density at radius 1 is 1.33 bits per heavy atom. The fraction of sp³-hybridized carbons (Fsp3) is 0.429. The summed E-state index contributed by atoms with van der Waals surface area (Å²) < 4.78 is 30.3. The second-order valence-corrected chi connectivity index (χ2v) is 7.22. The van der Waals surface area contributed by atoms with Crippen molar-refractivity contribution in [1.82, 2.24) is 4.31 Å². The molecule has 1 aromatic rings. The third-order valence-corrected chi connectivity index (χ3v) is 5.16. The highest BCUT2D eigenvalue weighted by Crippen LogP contribution is 2.20. The SMILES string of the molecule is CN(C)S(=O)(=O)c1cccc(C(=O)O[C@@H]2CCCC2=O)c1. The Labute approximate surface area is 123 Å². The number of rotatable bonds is 4. The van der Waals surface area contributed by atoms with E-state index in [1.54, 1.807) is 0 Å². The van der Waals surface area contributed by atoms with Crippen molar-refractivity contribution < 1.29 is 22.7 Å². The quantitative estimate of drug-likeness (QED) is 0.781. The van der Waals surface area contributed by atoms with Gasteiger partial charge in [0.2, 0.25) is 10.0 Å². The number of Topliss-reactive ketones (excluding diaryl/α,β-unsaturated/α-hetero) is 1. The van der Waals surface area contributed by atoms with Gasteiger partial charge in [-0.15, -0.1) is 0 Å². The van der Waals surface area contributed by atoms with E-state index in [0.717, 1.165) is 4.31 Å². The first-order valence-electron chi connectivity index (χ1n) is 6.58. The lowest BCUT2D eigenvalue weighted by atomic mass is 10.2. The van der Waals surface area contributed by atoms with Crippen molar-refractivity contribution in [2.24, 2.45) is 0 Å². The number of carbonyl (C=O) groups is 2. The first-order valence-corrected chi connectivity index (χ1v) is 8.02. The van der Waals surface area contributed by atoms with Crippen LogP contribution in [0.25, 0.3) is 0 Å². The van der Waals surface area contributed by atoms with E-state index in [4.69, 9.17) is 4.74 Å². The molecule has 7 heteroatoms. The largest absolute Gasteiger partial charge is 0.451 e. The lowest BCUT2D eigenvalue weighted by Gasteiger charge is -2.13. The molecule has 2 rings (SSSR count). The van der Waals surface area contributed by atoms with Gasteiger partial charge in [-0.25, -0.2) is 17.5 Å². The van der Waals surface area contributed by atoms with Gasteiger partial charge in [0.25, 0.3) is 0 Å². The molecule has 0 spiro atoms. The van der Waals surface area contributed by atoms with E-state index < -0.39 is 22.1 Å². The number of sulfonamides is 1. The van der Waals surface area contributed by atoms with Crippen molar-refractivity contribution in [3.63, 3.8) is 0 Å². The first-order chi connectivity index (χ1) is 9.82. The number of ether oxygens (including phenoxy) is 1. The number of carbonyl (C=O) groups excluding carboxylic acids is 2. The van der Waals surface area contributed by atoms with Gasteiger partial charge in [-0.05, 0) is 31.0 Å². The minimum absolute atomic E-state index is 0.0136. The van der Waals surface area contributed by atoms with Gasteiger partial charge in [0.15, 0.2) is 11.9 Å². The highest BCUT2D eigenvalue weighted by atomic mass is 32.2. The number of hydrogen-bond donors (Lipinski definition) is 0. The zero-order chi connectivity index (χ0) is 15.6. The van der Waals surface area contributed by atoms with Crippen LogP contribution >= 0.6 is 0 Å². The van der Waals surface area contributed by atoms with Crippen LogP contribution in [-0.2, 0) is 19.6 Å². The fourth-order valence-electron chi connectivity index (χ4n) is 2.10. The van der Waals surface area contributed by atoms with E-state index in [0.29, 0.717) is 19.3 Å². The summed E-state index contributed by atoms with van der Waals surface area (Å²) in [6.45, 7) is 0. The molecule has 0 amide bonds. The molecule has 1 atom stereocenters. The molecule has 1 saturated carbocycles. The maximum absolute atomic E-state index is 12.0. The minimum Gasteiger partial charge on any atom is -0.451 e. The van der Waals surface area contributed by atoms with Gasteiger partial charge < -0.3 is 4.74 Å². The molecule has 0 saturated heterocycles. The van der Waals surface area contributed by atoms with Crippen LogP contribution in [-0.4, -0.2) is 44.7 Å². The standard InChI is InChI=1S/C14H17NO5S/c1-15(2)21(18,19)11-6-3-5-10(9-11)14(17)20-13-8-4-7-12(13)16/h3,5-6,9,13H,4,7-8H2,1-2H3/t13-/m1/s1. The third-order valence-electron chi connectivity index (χ3n) is 3.35. The van der Waals surface area contributed by atoms with Crippen molar-refractivity contribution in [3.8, 4) is 0 Å². The van der Waals surface area contributed by atoms with Gasteiger partial charge >= 0.3 is 5.97 Å². The van der Waals surface area contributed by atoms with E-state index in [2.05, 4.69) is 0 Å². The summed E-state index contributed by atoms with van der Waals surface area (Å²) in [6.07, 6.45) is 0.964. The predicted octanol–water partition coefficient (Wildman–Crippen LogP) is 1.22. The van der Waals surface area contributed by atoms with Crippen LogP contribution in [0.2, 0.25) is 0 Å². The first kappa shape index (κ1) is 15.7. The molecule has 0 aromatic heterocycles. The van der Waals surface area contributed by atoms with Crippen molar-refractivity contribution in [2.75, 3.05) is 14.1 Å². The van der Waals surface area contributed by atoms with Crippen molar-refractivity contribution in [2.45, 2.75) is 30.3 Å². The summed E-state index contributed by atoms with van der Waals surface area (Å²) in [6, 6.07) is 5.61. The van der Waals surface area contributed by atoms with E-state index in [1.807, 2.05) is 0 Å². The van der Waals surface area contributed by atoms with Gasteiger partial charge in [0.1, 0.15) is 0 Å². The molecule has 21 heavy (non-hydrogen) atoms. The molecule has 1 aliphatic rings. The molecule has 1 aromatic carbocycles. The van der Waals surface area contributed by atoms with E-state index in [9.17, 15) is 18.0 Å². The van der Waals surface area contributed by atoms with Crippen LogP contribution in [0.1, 0.15) is 29.6 Å². The molecule has 0 N–H and O–H groups in total. The average molecular weight is 311 g/mol. The van der Waals surface area contributed by atoms with Gasteiger partial charge in [-0.1, -0.05) is 6.07 Å². The number of nitrogens with zero attached hydrogens (tertiary/aromatic N) is 1. The Hall–Kier alpha value is -1.73. The molecule has 1 fully saturated rings. The smallest absolute Gasteiger partial charge is 0.338 e. The lowest BCUT2D eigenvalue weighted by Crippen LogP contribution is -2.24. The summed E-state index contributed by atoms with van der Waals surface area (Å²) in [5.41, 5.74) is 0.123. The Balaban J connectivity index is 2.21. The second-order valence-electron chi connectivity index (χ2n) is 5.07. The highest BCUT2D eigenvalue weighted by Gasteiger charge is 2.28. The molecule has 0 aliphatic heterocycles. The number of esters is 1. The molecule has 114 valence electrons. The summed E-state index contributed by atoms with van der Waals surface area (Å²) in [4.78, 5) is 23.5. The van der Waals surface area contributed by atoms with Crippen LogP contribution in [0.4, 0.5) is 0 Å². The molecule has 6 nitrogen and oxygen atoms in total. The number of benzene rings is 1. The normalized spacial score (nSPS) is 19.0. The second kappa shape index (κ2) is 5.95. The Morgan fingerprint density at radius 2 is 2.05 bits per heavy atom. The molecule has 0 heterocycles. The monoisotopic (exact) mass is 311 g/mol. The number of ketones is 1. The minimum atomic E-state index is -3.61. The van der Waals surface area contributed by atoms with Gasteiger partial charge in [0, 0.05) is 20.5 Å². The molecular formula is C14H17NO5S. The van der Waals surface area contributed by atoms with Crippen molar-refractivity contribution >= 4 is 21.8 Å². The van der Waals surface area contributed by atoms with Gasteiger partial charge in [-0.3, -0.25) is 4.79 Å². The molecule has 0 bridgehead atoms. The average Bonchev–Trinajstić information content (AvgIpc) is 2.84. The topological polar surface area (TPSA) is 80.8 Å². The maximum Gasteiger partial charge on any atom is 0.338 e. The summed E-state index contributed by atoms with van der Waals surface area (Å²) in [5, 5.41) is 0. The van der Waals surface area contributed by atoms with Crippen LogP contribution < -0.4 is 0 Å². The fourth-order valence-corrected chi connectivity index (χ4v) is 3.05. The van der Waals surface area contributed by atoms with Crippen LogP contribution in [0.5, 0.6) is 0 Å². The maximum atomic E-state index is 12.0. The van der Waals surface area contributed by atoms with Gasteiger partial charge in [0.05, 0.1) is 10.5 Å². The third kappa shape index (κ3) is 3.30. The zero-order valence-corrected chi connectivity index (χ0v) is 12.7. The van der Waals surface area contributed by atoms with Gasteiger partial charge in [-0.2, -0.15) is 0 Å². The lowest BCUT2D eigenvalue weighted by molar-refractivity contribution is -0.124. The summed E-state index contributed by atoms with van der Waals surface area (Å²) >= 11 is 0. The predicted molar refractivity (Wildman–Crippen MR) is 75.4 cm³/mol. The van der Waals surface area contributed by atoms with E-state index in [-0.39, 0.29) is 16.2 Å². The zero-order valence-electron chi connectivity index (χ0n) is 11.9. The molecular weight excluding hydrogens is 294 g/mol. The van der Waals surface area contributed by atoms with Crippen LogP contribution in [0, 0.1) is 0 Å². The highest BCUT2D eigenvalue weighted by molar-refractivity contribution is 7.89. The summed E-state index contributed by atoms with van der Waals surface area (Å²) in [5.74, 6) is -0.758. The van der Waals surface area contributed by atoms with Crippen molar-refractivity contribution in [1.29, 1.82) is 0 Å². The van der Waals surface area contributed by atoms with Crippen LogP contribution in [0.15, 0.2) is 29.2 Å². The number of hydrogen-bond acceptors (Lipinski definition) is 5. The Morgan fingerprint density at radius 3 is 2.62 bits per heavy atom. The molecule has 0 radical (unpaired) electrons. The van der Waals surface area contributed by atoms with Crippen LogP contribution in [0.3, 0.4) is 0 Å². The molecule has 1 aliphatic carbocycles. The summed E-state index contributed by atoms with van der Waals surface area (Å²) in [7, 11) is -0.784. The van der Waals surface area contributed by atoms with Crippen molar-refractivity contribution in [3.05, 3.63) is 29.8 Å². The van der Waals surface area contributed by atoms with E-state index in [1.165, 1.54) is 38.4 Å². The Bertz CT molecular complexity index is 666.